The second kappa shape index (κ2) is 5.70. The molecule has 2 atom stereocenters. The van der Waals surface area contributed by atoms with E-state index in [2.05, 4.69) is 12.2 Å². The maximum Gasteiger partial charge on any atom is 0.0708 e. The molecule has 2 aliphatic rings. The highest BCUT2D eigenvalue weighted by Crippen LogP contribution is 2.43. The smallest absolute Gasteiger partial charge is 0.0708 e. The molecule has 2 fully saturated rings. The molecule has 0 aromatic rings. The minimum absolute atomic E-state index is 0.280. The number of hydrogen-bond donors (Lipinski definition) is 1. The molecule has 2 unspecified atom stereocenters. The van der Waals surface area contributed by atoms with Gasteiger partial charge in [0.15, 0.2) is 0 Å². The average molecular weight is 246 g/mol. The molecule has 1 saturated carbocycles. The lowest BCUT2D eigenvalue weighted by Gasteiger charge is -2.24. The third kappa shape index (κ3) is 3.12. The Morgan fingerprint density at radius 3 is 2.81 bits per heavy atom. The summed E-state index contributed by atoms with van der Waals surface area (Å²) in [4.78, 5) is 0. The molecule has 0 aromatic carbocycles. The number of ether oxygens (including phenoxy) is 1. The lowest BCUT2D eigenvalue weighted by atomic mass is 9.98. The number of hydrogen-bond acceptors (Lipinski definition) is 2. The number of alkyl halides is 1. The zero-order valence-corrected chi connectivity index (χ0v) is 11.1. The Morgan fingerprint density at radius 2 is 2.12 bits per heavy atom. The largest absolute Gasteiger partial charge is 0.370 e. The molecule has 0 aromatic heterocycles. The Kier molecular flexibility index (Phi) is 4.51. The van der Waals surface area contributed by atoms with Crippen LogP contribution in [-0.4, -0.2) is 30.2 Å². The van der Waals surface area contributed by atoms with Gasteiger partial charge in [0, 0.05) is 18.5 Å². The van der Waals surface area contributed by atoms with Crippen molar-refractivity contribution in [2.45, 2.75) is 69.6 Å². The first kappa shape index (κ1) is 12.7. The summed E-state index contributed by atoms with van der Waals surface area (Å²) in [7, 11) is 0. The third-order valence-electron chi connectivity index (χ3n) is 4.09. The normalized spacial score (nSPS) is 30.0. The van der Waals surface area contributed by atoms with Crippen LogP contribution in [0.5, 0.6) is 0 Å². The monoisotopic (exact) mass is 245 g/mol. The van der Waals surface area contributed by atoms with Gasteiger partial charge in [-0.05, 0) is 39.0 Å². The minimum atomic E-state index is 0.280. The van der Waals surface area contributed by atoms with Crippen LogP contribution in [0, 0.1) is 0 Å². The highest BCUT2D eigenvalue weighted by atomic mass is 35.5. The highest BCUT2D eigenvalue weighted by molar-refractivity contribution is 6.17. The standard InChI is InChI=1S/C13H24ClNO/c1-11(5-9-14)15-10-12-4-8-13(16-12)6-2-3-7-13/h11-12,15H,2-10H2,1H3. The lowest BCUT2D eigenvalue weighted by molar-refractivity contribution is -0.0357. The Labute approximate surface area is 104 Å². The maximum atomic E-state index is 6.24. The molecular weight excluding hydrogens is 222 g/mol. The first-order valence-corrected chi connectivity index (χ1v) is 7.25. The van der Waals surface area contributed by atoms with Crippen molar-refractivity contribution < 1.29 is 4.74 Å². The zero-order chi connectivity index (χ0) is 11.4. The van der Waals surface area contributed by atoms with Gasteiger partial charge >= 0.3 is 0 Å². The molecule has 0 amide bonds. The quantitative estimate of drug-likeness (QED) is 0.752. The summed E-state index contributed by atoms with van der Waals surface area (Å²) < 4.78 is 6.24. The Bertz CT molecular complexity index is 216. The number of halogens is 1. The van der Waals surface area contributed by atoms with Crippen molar-refractivity contribution in [2.24, 2.45) is 0 Å². The molecular formula is C13H24ClNO. The van der Waals surface area contributed by atoms with Crippen LogP contribution < -0.4 is 5.32 Å². The molecule has 3 heteroatoms. The average Bonchev–Trinajstić information content (AvgIpc) is 2.88. The van der Waals surface area contributed by atoms with Crippen molar-refractivity contribution in [3.05, 3.63) is 0 Å². The van der Waals surface area contributed by atoms with Gasteiger partial charge in [-0.15, -0.1) is 11.6 Å². The van der Waals surface area contributed by atoms with Crippen molar-refractivity contribution in [3.8, 4) is 0 Å². The van der Waals surface area contributed by atoms with E-state index in [0.717, 1.165) is 18.8 Å². The van der Waals surface area contributed by atoms with Gasteiger partial charge in [0.1, 0.15) is 0 Å². The van der Waals surface area contributed by atoms with Crippen molar-refractivity contribution in [1.82, 2.24) is 5.32 Å². The Balaban J connectivity index is 1.68. The molecule has 16 heavy (non-hydrogen) atoms. The lowest BCUT2D eigenvalue weighted by Crippen LogP contribution is -2.35. The maximum absolute atomic E-state index is 6.24. The summed E-state index contributed by atoms with van der Waals surface area (Å²) in [5.74, 6) is 0.740. The summed E-state index contributed by atoms with van der Waals surface area (Å²) in [6, 6.07) is 0.515. The second-order valence-electron chi connectivity index (χ2n) is 5.46. The van der Waals surface area contributed by atoms with E-state index in [-0.39, 0.29) is 5.60 Å². The summed E-state index contributed by atoms with van der Waals surface area (Å²) in [5, 5.41) is 3.52. The summed E-state index contributed by atoms with van der Waals surface area (Å²) in [5.41, 5.74) is 0.280. The Hall–Kier alpha value is 0.210. The van der Waals surface area contributed by atoms with Gasteiger partial charge in [-0.1, -0.05) is 12.8 Å². The van der Waals surface area contributed by atoms with Crippen LogP contribution >= 0.6 is 11.6 Å². The van der Waals surface area contributed by atoms with Crippen LogP contribution in [0.15, 0.2) is 0 Å². The van der Waals surface area contributed by atoms with Gasteiger partial charge in [0.2, 0.25) is 0 Å². The highest BCUT2D eigenvalue weighted by Gasteiger charge is 2.41. The summed E-state index contributed by atoms with van der Waals surface area (Å²) >= 11 is 5.72. The van der Waals surface area contributed by atoms with Gasteiger partial charge in [0.05, 0.1) is 11.7 Å². The van der Waals surface area contributed by atoms with Crippen LogP contribution in [-0.2, 0) is 4.74 Å². The van der Waals surface area contributed by atoms with E-state index in [1.807, 2.05) is 0 Å². The van der Waals surface area contributed by atoms with Crippen molar-refractivity contribution in [3.63, 3.8) is 0 Å². The second-order valence-corrected chi connectivity index (χ2v) is 5.83. The predicted octanol–water partition coefficient (Wildman–Crippen LogP) is 3.09. The fourth-order valence-electron chi connectivity index (χ4n) is 3.02. The Morgan fingerprint density at radius 1 is 1.38 bits per heavy atom. The molecule has 1 aliphatic heterocycles. The molecule has 1 spiro atoms. The van der Waals surface area contributed by atoms with Crippen LogP contribution in [0.3, 0.4) is 0 Å². The molecule has 94 valence electrons. The fraction of sp³-hybridized carbons (Fsp3) is 1.00. The van der Waals surface area contributed by atoms with Crippen molar-refractivity contribution in [1.29, 1.82) is 0 Å². The summed E-state index contributed by atoms with van der Waals surface area (Å²) in [6.45, 7) is 3.20. The van der Waals surface area contributed by atoms with E-state index in [9.17, 15) is 0 Å². The van der Waals surface area contributed by atoms with E-state index in [0.29, 0.717) is 12.1 Å². The SMILES string of the molecule is CC(CCCl)NCC1CCC2(CCCC2)O1. The molecule has 1 heterocycles. The number of nitrogens with one attached hydrogen (secondary N) is 1. The third-order valence-corrected chi connectivity index (χ3v) is 4.31. The van der Waals surface area contributed by atoms with E-state index in [1.165, 1.54) is 38.5 Å². The van der Waals surface area contributed by atoms with Gasteiger partial charge in [-0.25, -0.2) is 0 Å². The minimum Gasteiger partial charge on any atom is -0.370 e. The molecule has 2 nitrogen and oxygen atoms in total. The topological polar surface area (TPSA) is 21.3 Å². The van der Waals surface area contributed by atoms with E-state index < -0.39 is 0 Å². The molecule has 1 aliphatic carbocycles. The van der Waals surface area contributed by atoms with Crippen LogP contribution in [0.1, 0.15) is 51.9 Å². The first-order chi connectivity index (χ1) is 7.74. The van der Waals surface area contributed by atoms with Crippen LogP contribution in [0.4, 0.5) is 0 Å². The van der Waals surface area contributed by atoms with Gasteiger partial charge in [-0.3, -0.25) is 0 Å². The van der Waals surface area contributed by atoms with E-state index in [1.54, 1.807) is 0 Å². The van der Waals surface area contributed by atoms with E-state index >= 15 is 0 Å². The van der Waals surface area contributed by atoms with E-state index in [4.69, 9.17) is 16.3 Å². The molecule has 1 N–H and O–H groups in total. The van der Waals surface area contributed by atoms with Gasteiger partial charge < -0.3 is 10.1 Å². The summed E-state index contributed by atoms with van der Waals surface area (Å²) in [6.07, 6.45) is 9.31. The van der Waals surface area contributed by atoms with Crippen molar-refractivity contribution >= 4 is 11.6 Å². The predicted molar refractivity (Wildman–Crippen MR) is 68.1 cm³/mol. The first-order valence-electron chi connectivity index (χ1n) is 6.71. The number of rotatable bonds is 5. The van der Waals surface area contributed by atoms with Crippen LogP contribution in [0.2, 0.25) is 0 Å². The fourth-order valence-corrected chi connectivity index (χ4v) is 3.35. The molecule has 2 rings (SSSR count). The molecule has 0 radical (unpaired) electrons. The zero-order valence-electron chi connectivity index (χ0n) is 10.3. The van der Waals surface area contributed by atoms with Gasteiger partial charge in [-0.2, -0.15) is 0 Å². The van der Waals surface area contributed by atoms with Crippen molar-refractivity contribution in [2.75, 3.05) is 12.4 Å². The molecule has 0 bridgehead atoms. The molecule has 1 saturated heterocycles. The van der Waals surface area contributed by atoms with Gasteiger partial charge in [0.25, 0.3) is 0 Å². The van der Waals surface area contributed by atoms with Crippen LogP contribution in [0.25, 0.3) is 0 Å².